The molecule has 0 aromatic heterocycles. The van der Waals surface area contributed by atoms with Crippen molar-refractivity contribution in [3.05, 3.63) is 65.7 Å². The summed E-state index contributed by atoms with van der Waals surface area (Å²) in [5.74, 6) is 0.392. The molecule has 4 heteroatoms. The SMILES string of the molecule is O=C(CCc1ccccc1)C1CCCN(C(=O)Cc2cccc(O)c2)C1. The zero-order valence-corrected chi connectivity index (χ0v) is 14.9. The Kier molecular flexibility index (Phi) is 6.05. The molecule has 2 aromatic carbocycles. The quantitative estimate of drug-likeness (QED) is 0.868. The number of carbonyl (C=O) groups is 2. The number of nitrogens with zero attached hydrogens (tertiary/aromatic N) is 1. The Bertz CT molecular complexity index is 757. The zero-order chi connectivity index (χ0) is 18.4. The van der Waals surface area contributed by atoms with Gasteiger partial charge in [0.05, 0.1) is 6.42 Å². The third-order valence-electron chi connectivity index (χ3n) is 5.00. The molecule has 2 aromatic rings. The van der Waals surface area contributed by atoms with Crippen LogP contribution in [0.3, 0.4) is 0 Å². The number of likely N-dealkylation sites (tertiary alicyclic amines) is 1. The van der Waals surface area contributed by atoms with Gasteiger partial charge in [0, 0.05) is 25.4 Å². The highest BCUT2D eigenvalue weighted by atomic mass is 16.3. The van der Waals surface area contributed by atoms with Crippen LogP contribution >= 0.6 is 0 Å². The second kappa shape index (κ2) is 8.65. The molecule has 1 amide bonds. The highest BCUT2D eigenvalue weighted by Gasteiger charge is 2.27. The molecular formula is C22H25NO3. The maximum Gasteiger partial charge on any atom is 0.227 e. The van der Waals surface area contributed by atoms with Crippen LogP contribution in [0.4, 0.5) is 0 Å². The Labute approximate surface area is 154 Å². The molecule has 1 atom stereocenters. The summed E-state index contributed by atoms with van der Waals surface area (Å²) in [5.41, 5.74) is 1.97. The fourth-order valence-corrected chi connectivity index (χ4v) is 3.54. The third kappa shape index (κ3) is 4.94. The number of aromatic hydroxyl groups is 1. The Hall–Kier alpha value is -2.62. The van der Waals surface area contributed by atoms with Crippen LogP contribution in [-0.2, 0) is 22.4 Å². The molecule has 0 aliphatic carbocycles. The normalized spacial score (nSPS) is 17.1. The highest BCUT2D eigenvalue weighted by molar-refractivity contribution is 5.83. The average molecular weight is 351 g/mol. The smallest absolute Gasteiger partial charge is 0.227 e. The van der Waals surface area contributed by atoms with E-state index in [2.05, 4.69) is 0 Å². The van der Waals surface area contributed by atoms with Crippen molar-refractivity contribution >= 4 is 11.7 Å². The summed E-state index contributed by atoms with van der Waals surface area (Å²) in [6.45, 7) is 1.23. The minimum absolute atomic E-state index is 0.0242. The molecule has 1 saturated heterocycles. The first-order chi connectivity index (χ1) is 12.6. The van der Waals surface area contributed by atoms with Crippen LogP contribution in [-0.4, -0.2) is 34.8 Å². The Morgan fingerprint density at radius 2 is 1.81 bits per heavy atom. The molecule has 4 nitrogen and oxygen atoms in total. The van der Waals surface area contributed by atoms with Crippen LogP contribution in [0.25, 0.3) is 0 Å². The standard InChI is InChI=1S/C22H25NO3/c24-20-10-4-8-18(14-20)15-22(26)23-13-5-9-19(16-23)21(25)12-11-17-6-2-1-3-7-17/h1-4,6-8,10,14,19,24H,5,9,11-13,15-16H2. The van der Waals surface area contributed by atoms with E-state index < -0.39 is 0 Å². The number of piperidine rings is 1. The third-order valence-corrected chi connectivity index (χ3v) is 5.00. The first kappa shape index (κ1) is 18.2. The molecule has 0 saturated carbocycles. The predicted octanol–water partition coefficient (Wildman–Crippen LogP) is 3.38. The fourth-order valence-electron chi connectivity index (χ4n) is 3.54. The summed E-state index contributed by atoms with van der Waals surface area (Å²) >= 11 is 0. The molecule has 0 radical (unpaired) electrons. The molecule has 1 aliphatic rings. The van der Waals surface area contributed by atoms with Gasteiger partial charge in [0.15, 0.2) is 0 Å². The van der Waals surface area contributed by atoms with Crippen LogP contribution in [0.15, 0.2) is 54.6 Å². The van der Waals surface area contributed by atoms with Gasteiger partial charge in [-0.2, -0.15) is 0 Å². The van der Waals surface area contributed by atoms with Gasteiger partial charge in [-0.3, -0.25) is 9.59 Å². The molecule has 1 N–H and O–H groups in total. The largest absolute Gasteiger partial charge is 0.508 e. The maximum atomic E-state index is 12.6. The van der Waals surface area contributed by atoms with Gasteiger partial charge in [-0.1, -0.05) is 42.5 Å². The lowest BCUT2D eigenvalue weighted by atomic mass is 9.90. The van der Waals surface area contributed by atoms with E-state index in [4.69, 9.17) is 0 Å². The average Bonchev–Trinajstić information content (AvgIpc) is 2.67. The Morgan fingerprint density at radius 3 is 2.58 bits per heavy atom. The number of carbonyl (C=O) groups excluding carboxylic acids is 2. The predicted molar refractivity (Wildman–Crippen MR) is 101 cm³/mol. The maximum absolute atomic E-state index is 12.6. The first-order valence-corrected chi connectivity index (χ1v) is 9.24. The molecule has 0 bridgehead atoms. The van der Waals surface area contributed by atoms with Gasteiger partial charge in [0.2, 0.25) is 5.91 Å². The van der Waals surface area contributed by atoms with Gasteiger partial charge in [-0.25, -0.2) is 0 Å². The number of rotatable bonds is 6. The summed E-state index contributed by atoms with van der Waals surface area (Å²) in [6.07, 6.45) is 3.28. The van der Waals surface area contributed by atoms with Gasteiger partial charge in [-0.05, 0) is 42.5 Å². The van der Waals surface area contributed by atoms with Crippen molar-refractivity contribution in [1.82, 2.24) is 4.90 Å². The lowest BCUT2D eigenvalue weighted by Crippen LogP contribution is -2.43. The lowest BCUT2D eigenvalue weighted by Gasteiger charge is -2.32. The molecule has 0 spiro atoms. The summed E-state index contributed by atoms with van der Waals surface area (Å²) in [4.78, 5) is 26.9. The van der Waals surface area contributed by atoms with Gasteiger partial charge in [0.1, 0.15) is 11.5 Å². The number of hydrogen-bond acceptors (Lipinski definition) is 3. The number of aryl methyl sites for hydroxylation is 1. The minimum atomic E-state index is -0.0550. The fraction of sp³-hybridized carbons (Fsp3) is 0.364. The summed E-state index contributed by atoms with van der Waals surface area (Å²) in [5, 5.41) is 9.53. The summed E-state index contributed by atoms with van der Waals surface area (Å²) < 4.78 is 0. The van der Waals surface area contributed by atoms with E-state index in [-0.39, 0.29) is 29.8 Å². The molecule has 1 unspecified atom stereocenters. The first-order valence-electron chi connectivity index (χ1n) is 9.24. The Morgan fingerprint density at radius 1 is 1.04 bits per heavy atom. The molecule has 3 rings (SSSR count). The highest BCUT2D eigenvalue weighted by Crippen LogP contribution is 2.21. The molecule has 1 aliphatic heterocycles. The topological polar surface area (TPSA) is 57.6 Å². The van der Waals surface area contributed by atoms with E-state index in [9.17, 15) is 14.7 Å². The van der Waals surface area contributed by atoms with E-state index in [1.54, 1.807) is 23.1 Å². The number of amides is 1. The van der Waals surface area contributed by atoms with E-state index >= 15 is 0 Å². The monoisotopic (exact) mass is 351 g/mol. The van der Waals surface area contributed by atoms with E-state index in [0.29, 0.717) is 19.5 Å². The number of ketones is 1. The van der Waals surface area contributed by atoms with Gasteiger partial charge in [-0.15, -0.1) is 0 Å². The minimum Gasteiger partial charge on any atom is -0.508 e. The van der Waals surface area contributed by atoms with Crippen molar-refractivity contribution in [2.45, 2.75) is 32.1 Å². The van der Waals surface area contributed by atoms with Crippen molar-refractivity contribution in [2.75, 3.05) is 13.1 Å². The molecule has 1 heterocycles. The van der Waals surface area contributed by atoms with Gasteiger partial charge >= 0.3 is 0 Å². The van der Waals surface area contributed by atoms with E-state index in [0.717, 1.165) is 24.8 Å². The number of hydrogen-bond donors (Lipinski definition) is 1. The second-order valence-corrected chi connectivity index (χ2v) is 6.98. The molecule has 26 heavy (non-hydrogen) atoms. The van der Waals surface area contributed by atoms with Crippen LogP contribution in [0.1, 0.15) is 30.4 Å². The second-order valence-electron chi connectivity index (χ2n) is 6.98. The molecular weight excluding hydrogens is 326 g/mol. The number of Topliss-reactive ketones (excluding diaryl/α,β-unsaturated/α-hetero) is 1. The van der Waals surface area contributed by atoms with Gasteiger partial charge < -0.3 is 10.0 Å². The van der Waals surface area contributed by atoms with Crippen molar-refractivity contribution in [1.29, 1.82) is 0 Å². The van der Waals surface area contributed by atoms with Crippen molar-refractivity contribution in [2.24, 2.45) is 5.92 Å². The number of phenols is 1. The Balaban J connectivity index is 1.53. The molecule has 136 valence electrons. The van der Waals surface area contributed by atoms with Crippen LogP contribution in [0.2, 0.25) is 0 Å². The van der Waals surface area contributed by atoms with Crippen molar-refractivity contribution in [3.63, 3.8) is 0 Å². The number of phenolic OH excluding ortho intramolecular Hbond substituents is 1. The van der Waals surface area contributed by atoms with Crippen LogP contribution in [0.5, 0.6) is 5.75 Å². The van der Waals surface area contributed by atoms with Crippen LogP contribution in [0, 0.1) is 5.92 Å². The zero-order valence-electron chi connectivity index (χ0n) is 14.9. The van der Waals surface area contributed by atoms with E-state index in [1.807, 2.05) is 36.4 Å². The lowest BCUT2D eigenvalue weighted by molar-refractivity contribution is -0.134. The van der Waals surface area contributed by atoms with Crippen molar-refractivity contribution < 1.29 is 14.7 Å². The van der Waals surface area contributed by atoms with Gasteiger partial charge in [0.25, 0.3) is 0 Å². The van der Waals surface area contributed by atoms with Crippen LogP contribution < -0.4 is 0 Å². The number of benzene rings is 2. The van der Waals surface area contributed by atoms with Crippen molar-refractivity contribution in [3.8, 4) is 5.75 Å². The summed E-state index contributed by atoms with van der Waals surface area (Å²) in [7, 11) is 0. The molecule has 1 fully saturated rings. The summed E-state index contributed by atoms with van der Waals surface area (Å²) in [6, 6.07) is 16.8. The van der Waals surface area contributed by atoms with E-state index in [1.165, 1.54) is 5.56 Å².